The highest BCUT2D eigenvalue weighted by Gasteiger charge is 2.21. The van der Waals surface area contributed by atoms with Crippen LogP contribution < -0.4 is 10.3 Å². The van der Waals surface area contributed by atoms with Crippen LogP contribution in [0.4, 0.5) is 5.69 Å². The van der Waals surface area contributed by atoms with E-state index < -0.39 is 4.92 Å². The number of hydrogen-bond donors (Lipinski definition) is 0. The summed E-state index contributed by atoms with van der Waals surface area (Å²) in [4.78, 5) is 24.3. The van der Waals surface area contributed by atoms with E-state index in [9.17, 15) is 14.9 Å². The van der Waals surface area contributed by atoms with Gasteiger partial charge in [0.15, 0.2) is 5.16 Å². The first-order valence-electron chi connectivity index (χ1n) is 10.4. The molecule has 5 aromatic rings. The molecule has 0 saturated heterocycles. The summed E-state index contributed by atoms with van der Waals surface area (Å²) in [5.41, 5.74) is 1.90. The van der Waals surface area contributed by atoms with Gasteiger partial charge in [-0.2, -0.15) is 0 Å². The molecule has 9 nitrogen and oxygen atoms in total. The van der Waals surface area contributed by atoms with E-state index in [2.05, 4.69) is 10.2 Å². The highest BCUT2D eigenvalue weighted by atomic mass is 32.2. The quantitative estimate of drug-likeness (QED) is 0.198. The van der Waals surface area contributed by atoms with Crippen molar-refractivity contribution in [3.05, 3.63) is 98.8 Å². The summed E-state index contributed by atoms with van der Waals surface area (Å²) < 4.78 is 8.69. The molecule has 0 saturated carbocycles. The van der Waals surface area contributed by atoms with Crippen molar-refractivity contribution in [1.82, 2.24) is 19.2 Å². The molecule has 170 valence electrons. The fraction of sp³-hybridized carbons (Fsp3) is 0.125. The molecular weight excluding hydrogens is 454 g/mol. The molecule has 0 radical (unpaired) electrons. The molecule has 1 atom stereocenters. The standard InChI is InChI=1S/C24H19N5O4S/c1-15(16-7-5-9-18(13-16)29(31)32)34-24-26-25-23-27(17-8-6-10-19(14-17)33-2)22(30)20-11-3-4-12-21(20)28(23)24/h3-15H,1-2H3. The van der Waals surface area contributed by atoms with Gasteiger partial charge in [-0.25, -0.2) is 4.57 Å². The van der Waals surface area contributed by atoms with E-state index in [0.717, 1.165) is 5.56 Å². The number of nitro groups is 1. The second-order valence-corrected chi connectivity index (χ2v) is 8.90. The third kappa shape index (κ3) is 3.67. The summed E-state index contributed by atoms with van der Waals surface area (Å²) in [6, 6.07) is 21.0. The second kappa shape index (κ2) is 8.64. The minimum Gasteiger partial charge on any atom is -0.497 e. The fourth-order valence-electron chi connectivity index (χ4n) is 3.85. The van der Waals surface area contributed by atoms with Crippen LogP contribution in [-0.4, -0.2) is 31.2 Å². The Kier molecular flexibility index (Phi) is 5.50. The number of methoxy groups -OCH3 is 1. The van der Waals surface area contributed by atoms with E-state index >= 15 is 0 Å². The Morgan fingerprint density at radius 3 is 2.62 bits per heavy atom. The van der Waals surface area contributed by atoms with Crippen LogP contribution in [-0.2, 0) is 0 Å². The predicted octanol–water partition coefficient (Wildman–Crippen LogP) is 4.80. The first-order valence-corrected chi connectivity index (χ1v) is 11.3. The van der Waals surface area contributed by atoms with Gasteiger partial charge in [-0.15, -0.1) is 10.2 Å². The van der Waals surface area contributed by atoms with E-state index in [1.165, 1.54) is 22.4 Å². The lowest BCUT2D eigenvalue weighted by Crippen LogP contribution is -2.21. The molecule has 1 unspecified atom stereocenters. The van der Waals surface area contributed by atoms with Crippen molar-refractivity contribution in [3.8, 4) is 11.4 Å². The minimum atomic E-state index is -0.409. The molecule has 0 amide bonds. The van der Waals surface area contributed by atoms with Crippen LogP contribution in [0, 0.1) is 10.1 Å². The lowest BCUT2D eigenvalue weighted by molar-refractivity contribution is -0.384. The van der Waals surface area contributed by atoms with Gasteiger partial charge in [-0.05, 0) is 36.8 Å². The van der Waals surface area contributed by atoms with E-state index in [0.29, 0.717) is 33.3 Å². The molecule has 0 bridgehead atoms. The SMILES string of the molecule is COc1cccc(-n2c(=O)c3ccccc3n3c(SC(C)c4cccc([N+](=O)[O-])c4)nnc23)c1. The molecule has 10 heteroatoms. The van der Waals surface area contributed by atoms with Crippen LogP contribution in [0.1, 0.15) is 17.7 Å². The number of non-ortho nitro benzene ring substituents is 1. The van der Waals surface area contributed by atoms with Gasteiger partial charge in [-0.1, -0.05) is 42.1 Å². The normalized spacial score (nSPS) is 12.2. The highest BCUT2D eigenvalue weighted by Crippen LogP contribution is 2.36. The van der Waals surface area contributed by atoms with E-state index in [1.54, 1.807) is 37.4 Å². The zero-order valence-electron chi connectivity index (χ0n) is 18.3. The molecule has 2 heterocycles. The Labute approximate surface area is 197 Å². The zero-order valence-corrected chi connectivity index (χ0v) is 19.1. The van der Waals surface area contributed by atoms with Crippen LogP contribution >= 0.6 is 11.8 Å². The number of nitro benzene ring substituents is 1. The monoisotopic (exact) mass is 473 g/mol. The summed E-state index contributed by atoms with van der Waals surface area (Å²) in [6.45, 7) is 1.95. The Morgan fingerprint density at radius 2 is 1.82 bits per heavy atom. The smallest absolute Gasteiger partial charge is 0.269 e. The van der Waals surface area contributed by atoms with E-state index in [1.807, 2.05) is 47.7 Å². The van der Waals surface area contributed by atoms with Gasteiger partial charge in [0.2, 0.25) is 5.78 Å². The third-order valence-corrected chi connectivity index (χ3v) is 6.64. The van der Waals surface area contributed by atoms with Crippen molar-refractivity contribution in [2.45, 2.75) is 17.3 Å². The van der Waals surface area contributed by atoms with Crippen LogP contribution in [0.15, 0.2) is 82.7 Å². The predicted molar refractivity (Wildman–Crippen MR) is 130 cm³/mol. The average molecular weight is 474 g/mol. The van der Waals surface area contributed by atoms with Gasteiger partial charge in [0.05, 0.1) is 28.6 Å². The average Bonchev–Trinajstić information content (AvgIpc) is 3.27. The Morgan fingerprint density at radius 1 is 1.03 bits per heavy atom. The second-order valence-electron chi connectivity index (χ2n) is 7.59. The number of aromatic nitrogens is 4. The van der Waals surface area contributed by atoms with E-state index in [-0.39, 0.29) is 16.5 Å². The molecule has 0 spiro atoms. The first kappa shape index (κ1) is 21.7. The number of rotatable bonds is 6. The summed E-state index contributed by atoms with van der Waals surface area (Å²) in [7, 11) is 1.57. The Balaban J connectivity index is 1.69. The van der Waals surface area contributed by atoms with Crippen molar-refractivity contribution in [3.63, 3.8) is 0 Å². The van der Waals surface area contributed by atoms with Crippen molar-refractivity contribution in [2.24, 2.45) is 0 Å². The summed E-state index contributed by atoms with van der Waals surface area (Å²) >= 11 is 1.41. The number of benzene rings is 3. The van der Waals surface area contributed by atoms with Crippen LogP contribution in [0.3, 0.4) is 0 Å². The minimum absolute atomic E-state index is 0.0355. The van der Waals surface area contributed by atoms with Crippen molar-refractivity contribution >= 4 is 34.1 Å². The molecule has 34 heavy (non-hydrogen) atoms. The van der Waals surface area contributed by atoms with Gasteiger partial charge in [0.1, 0.15) is 5.75 Å². The number of ether oxygens (including phenoxy) is 1. The molecule has 0 aliphatic heterocycles. The Bertz CT molecular complexity index is 1610. The van der Waals surface area contributed by atoms with Crippen LogP contribution in [0.25, 0.3) is 22.4 Å². The maximum atomic E-state index is 13.5. The summed E-state index contributed by atoms with van der Waals surface area (Å²) in [5, 5.41) is 20.9. The number of hydrogen-bond acceptors (Lipinski definition) is 7. The van der Waals surface area contributed by atoms with Crippen molar-refractivity contribution in [1.29, 1.82) is 0 Å². The lowest BCUT2D eigenvalue weighted by Gasteiger charge is -2.14. The molecule has 0 aliphatic rings. The zero-order chi connectivity index (χ0) is 23.8. The maximum Gasteiger partial charge on any atom is 0.269 e. The topological polar surface area (TPSA) is 105 Å². The van der Waals surface area contributed by atoms with Crippen molar-refractivity contribution in [2.75, 3.05) is 7.11 Å². The lowest BCUT2D eigenvalue weighted by atomic mass is 10.1. The van der Waals surface area contributed by atoms with E-state index in [4.69, 9.17) is 4.74 Å². The highest BCUT2D eigenvalue weighted by molar-refractivity contribution is 7.99. The molecule has 0 fully saturated rings. The van der Waals surface area contributed by atoms with Crippen LogP contribution in [0.5, 0.6) is 5.75 Å². The van der Waals surface area contributed by atoms with Crippen LogP contribution in [0.2, 0.25) is 0 Å². The summed E-state index contributed by atoms with van der Waals surface area (Å²) in [5.74, 6) is 0.981. The molecule has 0 N–H and O–H groups in total. The summed E-state index contributed by atoms with van der Waals surface area (Å²) in [6.07, 6.45) is 0. The largest absolute Gasteiger partial charge is 0.497 e. The number of para-hydroxylation sites is 1. The molecule has 2 aromatic heterocycles. The molecular formula is C24H19N5O4S. The molecule has 5 rings (SSSR count). The molecule has 3 aromatic carbocycles. The fourth-order valence-corrected chi connectivity index (χ4v) is 4.83. The van der Waals surface area contributed by atoms with Gasteiger partial charge in [0, 0.05) is 23.4 Å². The van der Waals surface area contributed by atoms with Gasteiger partial charge < -0.3 is 4.74 Å². The van der Waals surface area contributed by atoms with Gasteiger partial charge in [-0.3, -0.25) is 19.3 Å². The van der Waals surface area contributed by atoms with Crippen molar-refractivity contribution < 1.29 is 9.66 Å². The number of fused-ring (bicyclic) bond motifs is 3. The van der Waals surface area contributed by atoms with Gasteiger partial charge >= 0.3 is 0 Å². The number of thioether (sulfide) groups is 1. The molecule has 0 aliphatic carbocycles. The first-order chi connectivity index (χ1) is 16.5. The third-order valence-electron chi connectivity index (χ3n) is 5.54. The van der Waals surface area contributed by atoms with Gasteiger partial charge in [0.25, 0.3) is 11.2 Å². The maximum absolute atomic E-state index is 13.5. The Hall–Kier alpha value is -4.18. The number of nitrogens with zero attached hydrogens (tertiary/aromatic N) is 5.